The lowest BCUT2D eigenvalue weighted by molar-refractivity contribution is 0.357. The summed E-state index contributed by atoms with van der Waals surface area (Å²) in [5.41, 5.74) is 0.404. The molecule has 0 radical (unpaired) electrons. The Hall–Kier alpha value is -2.14. The van der Waals surface area contributed by atoms with Gasteiger partial charge in [0.1, 0.15) is 5.15 Å². The first-order valence-corrected chi connectivity index (χ1v) is 6.34. The maximum Gasteiger partial charge on any atom is 0.175 e. The number of benzene rings is 1. The van der Waals surface area contributed by atoms with Gasteiger partial charge in [0.15, 0.2) is 23.1 Å². The van der Waals surface area contributed by atoms with Crippen molar-refractivity contribution in [2.75, 3.05) is 14.2 Å². The SMILES string of the molecule is COc1cc(OC)c(F)c(/C=C/c2ccc(Cl)nc2)c1F. The van der Waals surface area contributed by atoms with Crippen LogP contribution in [0.1, 0.15) is 11.1 Å². The molecule has 0 fully saturated rings. The van der Waals surface area contributed by atoms with Gasteiger partial charge in [-0.2, -0.15) is 0 Å². The van der Waals surface area contributed by atoms with Gasteiger partial charge in [-0.25, -0.2) is 13.8 Å². The summed E-state index contributed by atoms with van der Waals surface area (Å²) in [7, 11) is 2.60. The normalized spacial score (nSPS) is 10.9. The molecule has 1 aromatic carbocycles. The van der Waals surface area contributed by atoms with E-state index in [1.54, 1.807) is 12.1 Å². The number of halogens is 3. The van der Waals surface area contributed by atoms with Crippen molar-refractivity contribution in [3.8, 4) is 11.5 Å². The van der Waals surface area contributed by atoms with Gasteiger partial charge < -0.3 is 9.47 Å². The number of pyridine rings is 1. The average molecular weight is 312 g/mol. The Morgan fingerprint density at radius 1 is 1.05 bits per heavy atom. The molecule has 0 saturated heterocycles. The summed E-state index contributed by atoms with van der Waals surface area (Å²) in [6.07, 6.45) is 4.30. The van der Waals surface area contributed by atoms with Crippen molar-refractivity contribution in [3.05, 3.63) is 52.3 Å². The van der Waals surface area contributed by atoms with Gasteiger partial charge in [-0.15, -0.1) is 0 Å². The predicted molar refractivity (Wildman–Crippen MR) is 77.6 cm³/mol. The van der Waals surface area contributed by atoms with Gasteiger partial charge in [-0.3, -0.25) is 0 Å². The second kappa shape index (κ2) is 6.54. The summed E-state index contributed by atoms with van der Waals surface area (Å²) in [6.45, 7) is 0. The molecule has 1 heterocycles. The van der Waals surface area contributed by atoms with Crippen LogP contribution in [0.3, 0.4) is 0 Å². The Balaban J connectivity index is 2.45. The van der Waals surface area contributed by atoms with Crippen LogP contribution < -0.4 is 9.47 Å². The highest BCUT2D eigenvalue weighted by atomic mass is 35.5. The summed E-state index contributed by atoms with van der Waals surface area (Å²) in [5.74, 6) is -1.78. The smallest absolute Gasteiger partial charge is 0.175 e. The molecule has 6 heteroatoms. The Morgan fingerprint density at radius 3 is 2.14 bits per heavy atom. The molecule has 0 aliphatic rings. The molecule has 21 heavy (non-hydrogen) atoms. The molecular formula is C15H12ClF2NO2. The third kappa shape index (κ3) is 3.31. The minimum Gasteiger partial charge on any atom is -0.494 e. The monoisotopic (exact) mass is 311 g/mol. The third-order valence-corrected chi connectivity index (χ3v) is 3.02. The highest BCUT2D eigenvalue weighted by Gasteiger charge is 2.17. The van der Waals surface area contributed by atoms with E-state index in [1.807, 2.05) is 0 Å². The van der Waals surface area contributed by atoms with E-state index in [0.29, 0.717) is 10.7 Å². The lowest BCUT2D eigenvalue weighted by Crippen LogP contribution is -1.98. The van der Waals surface area contributed by atoms with Crippen LogP contribution >= 0.6 is 11.6 Å². The largest absolute Gasteiger partial charge is 0.494 e. The summed E-state index contributed by atoms with van der Waals surface area (Å²) < 4.78 is 37.9. The van der Waals surface area contributed by atoms with Gasteiger partial charge in [0.05, 0.1) is 19.8 Å². The number of rotatable bonds is 4. The van der Waals surface area contributed by atoms with Gasteiger partial charge in [0.2, 0.25) is 0 Å². The van der Waals surface area contributed by atoms with E-state index >= 15 is 0 Å². The van der Waals surface area contributed by atoms with Crippen molar-refractivity contribution in [1.82, 2.24) is 4.98 Å². The second-order valence-electron chi connectivity index (χ2n) is 4.07. The van der Waals surface area contributed by atoms with Gasteiger partial charge in [-0.1, -0.05) is 23.7 Å². The van der Waals surface area contributed by atoms with Gasteiger partial charge in [0, 0.05) is 12.3 Å². The molecule has 2 rings (SSSR count). The molecule has 0 bridgehead atoms. The molecule has 0 N–H and O–H groups in total. The number of aromatic nitrogens is 1. The van der Waals surface area contributed by atoms with Crippen LogP contribution in [0.5, 0.6) is 11.5 Å². The van der Waals surface area contributed by atoms with Gasteiger partial charge >= 0.3 is 0 Å². The lowest BCUT2D eigenvalue weighted by Gasteiger charge is -2.10. The van der Waals surface area contributed by atoms with Crippen LogP contribution in [0.15, 0.2) is 24.4 Å². The molecule has 110 valence electrons. The lowest BCUT2D eigenvalue weighted by atomic mass is 10.1. The van der Waals surface area contributed by atoms with Crippen LogP contribution in [0.2, 0.25) is 5.15 Å². The number of nitrogens with zero attached hydrogens (tertiary/aromatic N) is 1. The Morgan fingerprint density at radius 2 is 1.67 bits per heavy atom. The maximum atomic E-state index is 14.1. The number of hydrogen-bond donors (Lipinski definition) is 0. The highest BCUT2D eigenvalue weighted by molar-refractivity contribution is 6.29. The molecule has 0 aliphatic carbocycles. The van der Waals surface area contributed by atoms with Crippen LogP contribution in [-0.2, 0) is 0 Å². The van der Waals surface area contributed by atoms with Crippen molar-refractivity contribution in [2.24, 2.45) is 0 Å². The predicted octanol–water partition coefficient (Wildman–Crippen LogP) is 4.20. The quantitative estimate of drug-likeness (QED) is 0.793. The zero-order valence-corrected chi connectivity index (χ0v) is 12.1. The number of hydrogen-bond acceptors (Lipinski definition) is 3. The van der Waals surface area contributed by atoms with Crippen molar-refractivity contribution < 1.29 is 18.3 Å². The van der Waals surface area contributed by atoms with Crippen LogP contribution in [0.25, 0.3) is 12.2 Å². The van der Waals surface area contributed by atoms with E-state index in [1.165, 1.54) is 32.6 Å². The van der Waals surface area contributed by atoms with Crippen LogP contribution in [0, 0.1) is 11.6 Å². The van der Waals surface area contributed by atoms with Gasteiger partial charge in [0.25, 0.3) is 0 Å². The zero-order chi connectivity index (χ0) is 15.4. The van der Waals surface area contributed by atoms with Crippen molar-refractivity contribution in [2.45, 2.75) is 0 Å². The van der Waals surface area contributed by atoms with E-state index in [2.05, 4.69) is 4.98 Å². The van der Waals surface area contributed by atoms with E-state index in [9.17, 15) is 8.78 Å². The molecule has 0 saturated carbocycles. The minimum atomic E-state index is -0.797. The van der Waals surface area contributed by atoms with Crippen LogP contribution in [0.4, 0.5) is 8.78 Å². The van der Waals surface area contributed by atoms with Crippen molar-refractivity contribution in [1.29, 1.82) is 0 Å². The van der Waals surface area contributed by atoms with E-state index in [4.69, 9.17) is 21.1 Å². The van der Waals surface area contributed by atoms with Crippen molar-refractivity contribution in [3.63, 3.8) is 0 Å². The third-order valence-electron chi connectivity index (χ3n) is 2.80. The average Bonchev–Trinajstić information content (AvgIpc) is 2.49. The maximum absolute atomic E-state index is 14.1. The molecular weight excluding hydrogens is 300 g/mol. The summed E-state index contributed by atoms with van der Waals surface area (Å²) in [6, 6.07) is 4.42. The fourth-order valence-corrected chi connectivity index (χ4v) is 1.83. The minimum absolute atomic E-state index is 0.0952. The second-order valence-corrected chi connectivity index (χ2v) is 4.46. The molecule has 0 aliphatic heterocycles. The molecule has 3 nitrogen and oxygen atoms in total. The Labute approximate surface area is 125 Å². The standard InChI is InChI=1S/C15H12ClF2NO2/c1-20-11-7-12(21-2)15(18)10(14(11)17)5-3-9-4-6-13(16)19-8-9/h3-8H,1-2H3/b5-3+. The molecule has 0 spiro atoms. The van der Waals surface area contributed by atoms with Crippen molar-refractivity contribution >= 4 is 23.8 Å². The zero-order valence-electron chi connectivity index (χ0n) is 11.4. The van der Waals surface area contributed by atoms with Gasteiger partial charge in [-0.05, 0) is 17.7 Å². The molecule has 0 atom stereocenters. The van der Waals surface area contributed by atoms with E-state index in [0.717, 1.165) is 6.07 Å². The molecule has 0 amide bonds. The Bertz CT molecular complexity index is 644. The molecule has 1 aromatic heterocycles. The summed E-state index contributed by atoms with van der Waals surface area (Å²) in [5, 5.41) is 0.340. The topological polar surface area (TPSA) is 31.4 Å². The fraction of sp³-hybridized carbons (Fsp3) is 0.133. The first-order valence-electron chi connectivity index (χ1n) is 5.96. The Kier molecular flexibility index (Phi) is 4.75. The number of methoxy groups -OCH3 is 2. The summed E-state index contributed by atoms with van der Waals surface area (Å²) >= 11 is 5.67. The summed E-state index contributed by atoms with van der Waals surface area (Å²) in [4.78, 5) is 3.88. The number of ether oxygens (including phenoxy) is 2. The highest BCUT2D eigenvalue weighted by Crippen LogP contribution is 2.32. The fourth-order valence-electron chi connectivity index (χ4n) is 1.72. The van der Waals surface area contributed by atoms with E-state index in [-0.39, 0.29) is 17.1 Å². The van der Waals surface area contributed by atoms with E-state index < -0.39 is 11.6 Å². The first kappa shape index (κ1) is 15.3. The molecule has 0 unspecified atom stereocenters. The van der Waals surface area contributed by atoms with Crippen LogP contribution in [-0.4, -0.2) is 19.2 Å². The molecule has 2 aromatic rings. The first-order chi connectivity index (χ1) is 10.1.